The zero-order valence-electron chi connectivity index (χ0n) is 13.8. The minimum atomic E-state index is 0.460. The molecule has 0 atom stereocenters. The molecule has 0 bridgehead atoms. The van der Waals surface area contributed by atoms with Crippen LogP contribution < -0.4 is 10.7 Å². The van der Waals surface area contributed by atoms with E-state index in [-0.39, 0.29) is 0 Å². The number of halogens is 1. The van der Waals surface area contributed by atoms with E-state index in [0.717, 1.165) is 37.7 Å². The molecule has 0 aliphatic rings. The van der Waals surface area contributed by atoms with Crippen LogP contribution in [0.15, 0.2) is 65.8 Å². The molecule has 3 rings (SSSR count). The number of hydrazone groups is 1. The van der Waals surface area contributed by atoms with Crippen LogP contribution in [0.25, 0.3) is 21.5 Å². The molecule has 0 unspecified atom stereocenters. The lowest BCUT2D eigenvalue weighted by molar-refractivity contribution is 0.917. The van der Waals surface area contributed by atoms with E-state index in [1.165, 1.54) is 0 Å². The fraction of sp³-hybridized carbons (Fsp3) is 0.100. The molecule has 0 aliphatic carbocycles. The van der Waals surface area contributed by atoms with Crippen molar-refractivity contribution in [1.29, 1.82) is 0 Å². The third-order valence-electron chi connectivity index (χ3n) is 3.82. The number of fused-ring (bicyclic) bond motifs is 2. The summed E-state index contributed by atoms with van der Waals surface area (Å²) in [5.74, 6) is 0. The fourth-order valence-electron chi connectivity index (χ4n) is 2.67. The van der Waals surface area contributed by atoms with Crippen LogP contribution in [0.3, 0.4) is 0 Å². The summed E-state index contributed by atoms with van der Waals surface area (Å²) in [5, 5.41) is 12.7. The highest BCUT2D eigenvalue weighted by Gasteiger charge is 2.10. The third kappa shape index (κ3) is 3.81. The van der Waals surface area contributed by atoms with Gasteiger partial charge in [-0.15, -0.1) is 0 Å². The Kier molecular flexibility index (Phi) is 5.31. The van der Waals surface area contributed by atoms with Gasteiger partial charge in [0.1, 0.15) is 0 Å². The maximum absolute atomic E-state index is 6.60. The zero-order valence-corrected chi connectivity index (χ0v) is 15.4. The molecular weight excluding hydrogens is 350 g/mol. The number of thiocarbonyl (C=S) groups is 1. The quantitative estimate of drug-likeness (QED) is 0.223. The average molecular weight is 368 g/mol. The van der Waals surface area contributed by atoms with Crippen molar-refractivity contribution in [3.8, 4) is 0 Å². The molecule has 25 heavy (non-hydrogen) atoms. The van der Waals surface area contributed by atoms with E-state index in [0.29, 0.717) is 11.7 Å². The van der Waals surface area contributed by atoms with E-state index < -0.39 is 0 Å². The number of nitrogens with one attached hydrogen (secondary N) is 2. The summed E-state index contributed by atoms with van der Waals surface area (Å²) in [4.78, 5) is 0. The molecule has 0 heterocycles. The number of benzene rings is 3. The normalized spacial score (nSPS) is 11.1. The van der Waals surface area contributed by atoms with E-state index >= 15 is 0 Å². The predicted octanol–water partition coefficient (Wildman–Crippen LogP) is 5.02. The van der Waals surface area contributed by atoms with Gasteiger partial charge in [0.05, 0.1) is 11.2 Å². The predicted molar refractivity (Wildman–Crippen MR) is 113 cm³/mol. The second-order valence-electron chi connectivity index (χ2n) is 5.83. The van der Waals surface area contributed by atoms with Crippen LogP contribution in [0.4, 0.5) is 0 Å². The topological polar surface area (TPSA) is 36.4 Å². The van der Waals surface area contributed by atoms with E-state index in [1.54, 1.807) is 6.21 Å². The molecule has 0 aliphatic heterocycles. The Morgan fingerprint density at radius 3 is 2.12 bits per heavy atom. The molecule has 0 spiro atoms. The van der Waals surface area contributed by atoms with Gasteiger partial charge in [-0.25, -0.2) is 0 Å². The monoisotopic (exact) mass is 367 g/mol. The van der Waals surface area contributed by atoms with Gasteiger partial charge in [-0.3, -0.25) is 5.43 Å². The highest BCUT2D eigenvalue weighted by Crippen LogP contribution is 2.35. The van der Waals surface area contributed by atoms with Crippen molar-refractivity contribution in [3.05, 3.63) is 71.3 Å². The van der Waals surface area contributed by atoms with E-state index in [1.807, 2.05) is 55.5 Å². The lowest BCUT2D eigenvalue weighted by atomic mass is 9.97. The van der Waals surface area contributed by atoms with Crippen LogP contribution in [-0.2, 0) is 0 Å². The molecule has 0 saturated heterocycles. The van der Waals surface area contributed by atoms with Crippen LogP contribution in [0.2, 0.25) is 5.02 Å². The summed E-state index contributed by atoms with van der Waals surface area (Å²) in [6, 6.07) is 16.1. The Bertz CT molecular complexity index is 938. The minimum absolute atomic E-state index is 0.460. The maximum Gasteiger partial charge on any atom is 0.187 e. The summed E-state index contributed by atoms with van der Waals surface area (Å²) in [5.41, 5.74) is 4.85. The number of rotatable bonds is 4. The van der Waals surface area contributed by atoms with Crippen LogP contribution in [-0.4, -0.2) is 17.9 Å². The van der Waals surface area contributed by atoms with Crippen LogP contribution in [0, 0.1) is 0 Å². The Labute approximate surface area is 157 Å². The molecule has 0 amide bonds. The standard InChI is InChI=1S/C20H18ClN3S/c1-13(2)11-22-20(25)24-23-12-18-14-7-3-5-9-16(14)19(21)17-10-6-4-8-15(17)18/h3-10,12H,1,11H2,2H3,(H2,22,24,25). The Hall–Kier alpha value is -2.43. The van der Waals surface area contributed by atoms with Gasteiger partial charge in [-0.1, -0.05) is 72.3 Å². The van der Waals surface area contributed by atoms with Crippen molar-refractivity contribution in [2.24, 2.45) is 5.10 Å². The molecule has 3 aromatic carbocycles. The lowest BCUT2D eigenvalue weighted by Crippen LogP contribution is -2.32. The lowest BCUT2D eigenvalue weighted by Gasteiger charge is -2.11. The first-order chi connectivity index (χ1) is 12.1. The molecule has 0 saturated carbocycles. The maximum atomic E-state index is 6.60. The SMILES string of the molecule is C=C(C)CNC(=S)NN=Cc1c2ccccc2c(Cl)c2ccccc12. The second-order valence-corrected chi connectivity index (χ2v) is 6.61. The number of nitrogens with zero attached hydrogens (tertiary/aromatic N) is 1. The molecule has 3 aromatic rings. The average Bonchev–Trinajstić information content (AvgIpc) is 2.63. The van der Waals surface area contributed by atoms with Crippen LogP contribution >= 0.6 is 23.8 Å². The fourth-order valence-corrected chi connectivity index (χ4v) is 3.13. The Morgan fingerprint density at radius 2 is 1.60 bits per heavy atom. The highest BCUT2D eigenvalue weighted by molar-refractivity contribution is 7.80. The molecule has 0 aromatic heterocycles. The van der Waals surface area contributed by atoms with Gasteiger partial charge in [0.2, 0.25) is 0 Å². The van der Waals surface area contributed by atoms with Crippen LogP contribution in [0.1, 0.15) is 12.5 Å². The van der Waals surface area contributed by atoms with E-state index in [4.69, 9.17) is 23.8 Å². The summed E-state index contributed by atoms with van der Waals surface area (Å²) in [7, 11) is 0. The van der Waals surface area contributed by atoms with Crippen LogP contribution in [0.5, 0.6) is 0 Å². The Balaban J connectivity index is 1.99. The summed E-state index contributed by atoms with van der Waals surface area (Å²) >= 11 is 11.8. The van der Waals surface area contributed by atoms with Crippen molar-refractivity contribution >= 4 is 56.7 Å². The second kappa shape index (κ2) is 7.64. The van der Waals surface area contributed by atoms with Gasteiger partial charge in [-0.05, 0) is 29.9 Å². The molecule has 0 fully saturated rings. The molecule has 5 heteroatoms. The van der Waals surface area contributed by atoms with Crippen molar-refractivity contribution in [2.45, 2.75) is 6.92 Å². The Morgan fingerprint density at radius 1 is 1.08 bits per heavy atom. The van der Waals surface area contributed by atoms with Crippen molar-refractivity contribution in [1.82, 2.24) is 10.7 Å². The number of hydrogen-bond donors (Lipinski definition) is 2. The smallest absolute Gasteiger partial charge is 0.187 e. The van der Waals surface area contributed by atoms with E-state index in [2.05, 4.69) is 22.4 Å². The minimum Gasteiger partial charge on any atom is -0.358 e. The first-order valence-corrected chi connectivity index (χ1v) is 8.67. The van der Waals surface area contributed by atoms with Gasteiger partial charge in [0.15, 0.2) is 5.11 Å². The molecule has 126 valence electrons. The van der Waals surface area contributed by atoms with Crippen molar-refractivity contribution < 1.29 is 0 Å². The zero-order chi connectivity index (χ0) is 17.8. The van der Waals surface area contributed by atoms with E-state index in [9.17, 15) is 0 Å². The first kappa shape index (κ1) is 17.4. The van der Waals surface area contributed by atoms with Gasteiger partial charge >= 0.3 is 0 Å². The van der Waals surface area contributed by atoms with Gasteiger partial charge in [0, 0.05) is 22.9 Å². The molecule has 2 N–H and O–H groups in total. The molecule has 3 nitrogen and oxygen atoms in total. The van der Waals surface area contributed by atoms with Gasteiger partial charge in [-0.2, -0.15) is 5.10 Å². The third-order valence-corrected chi connectivity index (χ3v) is 4.46. The first-order valence-electron chi connectivity index (χ1n) is 7.88. The van der Waals surface area contributed by atoms with Crippen molar-refractivity contribution in [3.63, 3.8) is 0 Å². The highest BCUT2D eigenvalue weighted by atomic mass is 35.5. The largest absolute Gasteiger partial charge is 0.358 e. The van der Waals surface area contributed by atoms with Gasteiger partial charge in [0.25, 0.3) is 0 Å². The van der Waals surface area contributed by atoms with Gasteiger partial charge < -0.3 is 5.32 Å². The summed E-state index contributed by atoms with van der Waals surface area (Å²) < 4.78 is 0. The molecule has 0 radical (unpaired) electrons. The summed E-state index contributed by atoms with van der Waals surface area (Å²) in [6.45, 7) is 6.39. The number of hydrogen-bond acceptors (Lipinski definition) is 2. The summed E-state index contributed by atoms with van der Waals surface area (Å²) in [6.07, 6.45) is 1.79. The molecular formula is C20H18ClN3S. The van der Waals surface area contributed by atoms with Crippen molar-refractivity contribution in [2.75, 3.05) is 6.54 Å².